The van der Waals surface area contributed by atoms with E-state index in [9.17, 15) is 20.1 Å². The maximum atomic E-state index is 11.9. The van der Waals surface area contributed by atoms with E-state index in [0.29, 0.717) is 54.2 Å². The molecule has 0 saturated carbocycles. The number of aromatic nitrogens is 2. The molecule has 2 heterocycles. The third kappa shape index (κ3) is 9.96. The van der Waals surface area contributed by atoms with Crippen LogP contribution in [0.4, 0.5) is 0 Å². The first-order valence-corrected chi connectivity index (χ1v) is 17.2. The molecule has 1 atom stereocenters. The molecule has 12 nitrogen and oxygen atoms in total. The number of carbonyl (C=O) groups is 1. The predicted molar refractivity (Wildman–Crippen MR) is 201 cm³/mol. The molecule has 0 unspecified atom stereocenters. The zero-order valence-corrected chi connectivity index (χ0v) is 29.4. The van der Waals surface area contributed by atoms with Crippen LogP contribution in [0.3, 0.4) is 0 Å². The molecule has 0 saturated heterocycles. The summed E-state index contributed by atoms with van der Waals surface area (Å²) in [7, 11) is 2.01. The highest BCUT2D eigenvalue weighted by Crippen LogP contribution is 2.36. The quantitative estimate of drug-likeness (QED) is 0.0587. The first kappa shape index (κ1) is 38.4. The molecule has 2 aromatic heterocycles. The fourth-order valence-electron chi connectivity index (χ4n) is 6.13. The number of aliphatic hydroxyl groups excluding tert-OH is 1. The second-order valence-electron chi connectivity index (χ2n) is 12.6. The molecule has 276 valence electrons. The zero-order valence-electron chi connectivity index (χ0n) is 29.4. The van der Waals surface area contributed by atoms with Gasteiger partial charge in [-0.1, -0.05) is 84.0 Å². The van der Waals surface area contributed by atoms with Gasteiger partial charge in [0, 0.05) is 30.6 Å². The van der Waals surface area contributed by atoms with Crippen LogP contribution in [0, 0.1) is 0 Å². The SMILES string of the molecule is CN(CCCOc1ccc(CCNC[C@H](O)c2ccc(O)c3[nH]c(=O)ccc23)cc1)Cc1cc(C(O)(c2ccccc2)c2ccccc2)no1.O=CO. The van der Waals surface area contributed by atoms with Crippen molar-refractivity contribution in [3.8, 4) is 11.5 Å². The number of rotatable bonds is 16. The van der Waals surface area contributed by atoms with E-state index >= 15 is 0 Å². The summed E-state index contributed by atoms with van der Waals surface area (Å²) < 4.78 is 11.7. The van der Waals surface area contributed by atoms with E-state index in [1.54, 1.807) is 12.1 Å². The number of H-pyrrole nitrogens is 1. The molecule has 4 aromatic carbocycles. The number of phenols is 1. The number of aliphatic hydroxyl groups is 2. The van der Waals surface area contributed by atoms with Crippen LogP contribution in [0.1, 0.15) is 46.2 Å². The highest BCUT2D eigenvalue weighted by Gasteiger charge is 2.37. The van der Waals surface area contributed by atoms with E-state index in [2.05, 4.69) is 20.4 Å². The van der Waals surface area contributed by atoms with Crippen LogP contribution in [0.15, 0.2) is 125 Å². The van der Waals surface area contributed by atoms with Crippen molar-refractivity contribution in [2.24, 2.45) is 0 Å². The van der Waals surface area contributed by atoms with Crippen LogP contribution in [0.25, 0.3) is 10.9 Å². The third-order valence-electron chi connectivity index (χ3n) is 8.81. The molecule has 0 aliphatic heterocycles. The molecule has 0 aliphatic carbocycles. The lowest BCUT2D eigenvalue weighted by Gasteiger charge is -2.27. The van der Waals surface area contributed by atoms with Gasteiger partial charge in [0.1, 0.15) is 17.2 Å². The van der Waals surface area contributed by atoms with Gasteiger partial charge >= 0.3 is 0 Å². The van der Waals surface area contributed by atoms with Gasteiger partial charge in [-0.15, -0.1) is 0 Å². The van der Waals surface area contributed by atoms with Crippen LogP contribution in [-0.2, 0) is 23.4 Å². The summed E-state index contributed by atoms with van der Waals surface area (Å²) >= 11 is 0. The molecule has 0 fully saturated rings. The molecule has 0 amide bonds. The van der Waals surface area contributed by atoms with Crippen molar-refractivity contribution in [1.29, 1.82) is 0 Å². The highest BCUT2D eigenvalue weighted by atomic mass is 16.5. The number of ether oxygens (including phenoxy) is 1. The number of fused-ring (bicyclic) bond motifs is 1. The van der Waals surface area contributed by atoms with Crippen LogP contribution in [0.2, 0.25) is 0 Å². The largest absolute Gasteiger partial charge is 0.506 e. The van der Waals surface area contributed by atoms with Gasteiger partial charge in [-0.05, 0) is 73.0 Å². The van der Waals surface area contributed by atoms with Gasteiger partial charge in [0.25, 0.3) is 6.47 Å². The highest BCUT2D eigenvalue weighted by molar-refractivity contribution is 5.87. The molecule has 53 heavy (non-hydrogen) atoms. The van der Waals surface area contributed by atoms with Gasteiger partial charge in [0.05, 0.1) is 24.8 Å². The smallest absolute Gasteiger partial charge is 0.290 e. The first-order chi connectivity index (χ1) is 25.7. The number of phenolic OH excluding ortho intramolecular Hbond substituents is 1. The summed E-state index contributed by atoms with van der Waals surface area (Å²) in [5.41, 5.74) is 2.25. The summed E-state index contributed by atoms with van der Waals surface area (Å²) in [5, 5.41) is 47.9. The van der Waals surface area contributed by atoms with Crippen molar-refractivity contribution < 1.29 is 34.5 Å². The van der Waals surface area contributed by atoms with Crippen molar-refractivity contribution in [1.82, 2.24) is 20.4 Å². The average Bonchev–Trinajstić information content (AvgIpc) is 3.65. The van der Waals surface area contributed by atoms with E-state index in [1.165, 1.54) is 12.1 Å². The Morgan fingerprint density at radius 2 is 1.62 bits per heavy atom. The maximum absolute atomic E-state index is 11.9. The van der Waals surface area contributed by atoms with E-state index in [4.69, 9.17) is 19.2 Å². The Morgan fingerprint density at radius 1 is 0.962 bits per heavy atom. The summed E-state index contributed by atoms with van der Waals surface area (Å²) in [6.45, 7) is 2.63. The van der Waals surface area contributed by atoms with Crippen LogP contribution < -0.4 is 15.6 Å². The molecule has 0 bridgehead atoms. The molecular formula is C41H44N4O8. The van der Waals surface area contributed by atoms with E-state index in [-0.39, 0.29) is 17.8 Å². The second-order valence-corrected chi connectivity index (χ2v) is 12.6. The standard InChI is InChI=1S/C40H42N4O6.CH2O2/c1-44(27-32-25-37(43-50-32)40(48,29-9-4-2-5-10-29)30-11-6-3-7-12-30)23-8-24-49-31-15-13-28(14-16-31)21-22-41-26-36(46)33-17-19-35(45)39-34(33)18-20-38(47)42-39;2-1-3/h2-7,9-20,25,36,41,45-46,48H,8,21-24,26-27H2,1H3,(H,42,47);1H,(H,2,3)/t36-;/m0./s1. The number of pyridine rings is 1. The normalized spacial score (nSPS) is 11.9. The minimum atomic E-state index is -1.43. The number of carboxylic acid groups (broad SMARTS) is 1. The Bertz CT molecular complexity index is 2050. The van der Waals surface area contributed by atoms with Crippen molar-refractivity contribution in [2.75, 3.05) is 33.3 Å². The topological polar surface area (TPSA) is 181 Å². The molecule has 12 heteroatoms. The number of hydrogen-bond donors (Lipinski definition) is 6. The average molecular weight is 721 g/mol. The molecule has 6 N–H and O–H groups in total. The van der Waals surface area contributed by atoms with Crippen LogP contribution in [0.5, 0.6) is 11.5 Å². The summed E-state index contributed by atoms with van der Waals surface area (Å²) in [4.78, 5) is 24.8. The minimum absolute atomic E-state index is 0.0303. The van der Waals surface area contributed by atoms with Gasteiger partial charge in [-0.25, -0.2) is 0 Å². The number of nitrogens with zero attached hydrogens (tertiary/aromatic N) is 2. The maximum Gasteiger partial charge on any atom is 0.290 e. The van der Waals surface area contributed by atoms with Gasteiger partial charge in [-0.2, -0.15) is 0 Å². The molecule has 0 spiro atoms. The van der Waals surface area contributed by atoms with Gasteiger partial charge < -0.3 is 40.0 Å². The zero-order chi connectivity index (χ0) is 37.6. The molecular weight excluding hydrogens is 676 g/mol. The van der Waals surface area contributed by atoms with E-state index in [0.717, 1.165) is 41.8 Å². The number of nitrogens with one attached hydrogen (secondary N) is 2. The molecule has 6 rings (SSSR count). The van der Waals surface area contributed by atoms with Gasteiger partial charge in [0.15, 0.2) is 11.4 Å². The van der Waals surface area contributed by atoms with E-state index in [1.807, 2.05) is 98.0 Å². The Hall–Kier alpha value is -5.79. The molecule has 6 aromatic rings. The van der Waals surface area contributed by atoms with Crippen molar-refractivity contribution in [2.45, 2.75) is 31.1 Å². The fourth-order valence-corrected chi connectivity index (χ4v) is 6.13. The van der Waals surface area contributed by atoms with E-state index < -0.39 is 11.7 Å². The minimum Gasteiger partial charge on any atom is -0.506 e. The van der Waals surface area contributed by atoms with Gasteiger partial charge in [-0.3, -0.25) is 14.5 Å². The number of aromatic amines is 1. The summed E-state index contributed by atoms with van der Waals surface area (Å²) in [6.07, 6.45) is 0.792. The number of hydrogen-bond acceptors (Lipinski definition) is 10. The van der Waals surface area contributed by atoms with Crippen LogP contribution in [-0.4, -0.2) is 75.2 Å². The Labute approximate surface area is 306 Å². The van der Waals surface area contributed by atoms with Crippen LogP contribution >= 0.6 is 0 Å². The molecule has 0 aliphatic rings. The van der Waals surface area contributed by atoms with Crippen molar-refractivity contribution in [3.63, 3.8) is 0 Å². The Balaban J connectivity index is 0.00000175. The lowest BCUT2D eigenvalue weighted by atomic mass is 9.83. The summed E-state index contributed by atoms with van der Waals surface area (Å²) in [5.74, 6) is 1.44. The van der Waals surface area contributed by atoms with Gasteiger partial charge in [0.2, 0.25) is 5.56 Å². The van der Waals surface area contributed by atoms with Crippen molar-refractivity contribution in [3.05, 3.63) is 159 Å². The number of benzene rings is 4. The lowest BCUT2D eigenvalue weighted by molar-refractivity contribution is -0.122. The Kier molecular flexibility index (Phi) is 13.5. The fraction of sp³-hybridized carbons (Fsp3) is 0.244. The monoisotopic (exact) mass is 720 g/mol. The third-order valence-corrected chi connectivity index (χ3v) is 8.81. The number of aromatic hydroxyl groups is 1. The Morgan fingerprint density at radius 3 is 2.28 bits per heavy atom. The predicted octanol–water partition coefficient (Wildman–Crippen LogP) is 4.97. The lowest BCUT2D eigenvalue weighted by Crippen LogP contribution is -2.29. The first-order valence-electron chi connectivity index (χ1n) is 17.2. The molecule has 0 radical (unpaired) electrons. The van der Waals surface area contributed by atoms with Crippen molar-refractivity contribution >= 4 is 17.4 Å². The second kappa shape index (κ2) is 18.6. The summed E-state index contributed by atoms with van der Waals surface area (Å²) in [6, 6.07) is 35.0.